The predicted molar refractivity (Wildman–Crippen MR) is 89.1 cm³/mol. The van der Waals surface area contributed by atoms with Crippen LogP contribution in [0.25, 0.3) is 22.1 Å². The fourth-order valence-electron chi connectivity index (χ4n) is 2.65. The van der Waals surface area contributed by atoms with Crippen LogP contribution in [-0.4, -0.2) is 24.4 Å². The quantitative estimate of drug-likeness (QED) is 0.767. The van der Waals surface area contributed by atoms with Crippen LogP contribution in [-0.2, 0) is 0 Å². The van der Waals surface area contributed by atoms with Gasteiger partial charge in [0.1, 0.15) is 28.7 Å². The van der Waals surface area contributed by atoms with Gasteiger partial charge in [-0.15, -0.1) is 0 Å². The highest BCUT2D eigenvalue weighted by Gasteiger charge is 2.18. The van der Waals surface area contributed by atoms with Crippen molar-refractivity contribution in [3.63, 3.8) is 0 Å². The van der Waals surface area contributed by atoms with Gasteiger partial charge in [-0.2, -0.15) is 0 Å². The van der Waals surface area contributed by atoms with E-state index < -0.39 is 0 Å². The Balaban J connectivity index is 2.31. The van der Waals surface area contributed by atoms with Gasteiger partial charge in [0.05, 0.1) is 19.8 Å². The van der Waals surface area contributed by atoms with Crippen molar-refractivity contribution in [3.05, 3.63) is 46.3 Å². The molecule has 0 aliphatic rings. The van der Waals surface area contributed by atoms with Gasteiger partial charge < -0.3 is 24.1 Å². The molecule has 0 amide bonds. The molecule has 3 aromatic rings. The summed E-state index contributed by atoms with van der Waals surface area (Å²) in [7, 11) is 2.89. The van der Waals surface area contributed by atoms with E-state index in [9.17, 15) is 15.0 Å². The fourth-order valence-corrected chi connectivity index (χ4v) is 2.65. The van der Waals surface area contributed by atoms with E-state index in [0.717, 1.165) is 0 Å². The van der Waals surface area contributed by atoms with Crippen LogP contribution >= 0.6 is 0 Å². The number of aromatic hydroxyl groups is 2. The Hall–Kier alpha value is -3.15. The molecule has 0 fully saturated rings. The summed E-state index contributed by atoms with van der Waals surface area (Å²) in [5.41, 5.74) is 1.27. The first-order valence-electron chi connectivity index (χ1n) is 7.17. The minimum Gasteiger partial charge on any atom is -0.507 e. The lowest BCUT2D eigenvalue weighted by Gasteiger charge is -2.11. The largest absolute Gasteiger partial charge is 0.507 e. The number of methoxy groups -OCH3 is 2. The van der Waals surface area contributed by atoms with Gasteiger partial charge in [-0.25, -0.2) is 0 Å². The Morgan fingerprint density at radius 1 is 1.00 bits per heavy atom. The second kappa shape index (κ2) is 5.81. The molecule has 0 aliphatic heterocycles. The van der Waals surface area contributed by atoms with E-state index in [0.29, 0.717) is 16.9 Å². The third-order valence-corrected chi connectivity index (χ3v) is 3.94. The highest BCUT2D eigenvalue weighted by atomic mass is 16.5. The Kier molecular flexibility index (Phi) is 3.81. The molecule has 3 rings (SSSR count). The molecule has 2 aromatic carbocycles. The van der Waals surface area contributed by atoms with Crippen molar-refractivity contribution in [1.29, 1.82) is 0 Å². The standard InChI is InChI=1S/C18H16O6/c1-9-14(22-2)7-13(20)16-17(21)11(8-24-18(9)16)10-4-5-12(19)15(6-10)23-3/h4-8,19-20H,1-3H3. The number of phenolic OH excluding ortho intramolecular Hbond substituents is 2. The molecule has 1 aromatic heterocycles. The molecular formula is C18H16O6. The summed E-state index contributed by atoms with van der Waals surface area (Å²) < 4.78 is 15.8. The van der Waals surface area contributed by atoms with Gasteiger partial charge in [-0.1, -0.05) is 6.07 Å². The van der Waals surface area contributed by atoms with Crippen LogP contribution in [0, 0.1) is 6.92 Å². The Labute approximate surface area is 137 Å². The number of rotatable bonds is 3. The van der Waals surface area contributed by atoms with E-state index in [1.54, 1.807) is 13.0 Å². The summed E-state index contributed by atoms with van der Waals surface area (Å²) in [6, 6.07) is 5.91. The molecule has 0 saturated heterocycles. The van der Waals surface area contributed by atoms with Crippen molar-refractivity contribution in [2.75, 3.05) is 14.2 Å². The van der Waals surface area contributed by atoms with Crippen LogP contribution in [0.3, 0.4) is 0 Å². The average Bonchev–Trinajstić information content (AvgIpc) is 2.58. The normalized spacial score (nSPS) is 10.8. The van der Waals surface area contributed by atoms with E-state index in [4.69, 9.17) is 13.9 Å². The number of hydrogen-bond donors (Lipinski definition) is 2. The second-order valence-electron chi connectivity index (χ2n) is 5.29. The van der Waals surface area contributed by atoms with Crippen molar-refractivity contribution >= 4 is 11.0 Å². The zero-order valence-electron chi connectivity index (χ0n) is 13.4. The predicted octanol–water partition coefficient (Wildman–Crippen LogP) is 3.20. The van der Waals surface area contributed by atoms with Gasteiger partial charge in [0.15, 0.2) is 11.5 Å². The van der Waals surface area contributed by atoms with Crippen LogP contribution in [0.15, 0.2) is 39.7 Å². The molecule has 1 heterocycles. The maximum atomic E-state index is 12.8. The van der Waals surface area contributed by atoms with Gasteiger partial charge >= 0.3 is 0 Å². The summed E-state index contributed by atoms with van der Waals surface area (Å²) in [5.74, 6) is 0.424. The highest BCUT2D eigenvalue weighted by Crippen LogP contribution is 2.35. The summed E-state index contributed by atoms with van der Waals surface area (Å²) in [4.78, 5) is 12.8. The lowest BCUT2D eigenvalue weighted by molar-refractivity contribution is 0.373. The number of phenols is 2. The lowest BCUT2D eigenvalue weighted by atomic mass is 10.0. The maximum absolute atomic E-state index is 12.8. The van der Waals surface area contributed by atoms with Gasteiger partial charge in [0.2, 0.25) is 5.43 Å². The van der Waals surface area contributed by atoms with E-state index in [1.807, 2.05) is 0 Å². The average molecular weight is 328 g/mol. The molecule has 2 N–H and O–H groups in total. The van der Waals surface area contributed by atoms with Crippen molar-refractivity contribution in [1.82, 2.24) is 0 Å². The van der Waals surface area contributed by atoms with Gasteiger partial charge in [-0.05, 0) is 24.6 Å². The first kappa shape index (κ1) is 15.7. The van der Waals surface area contributed by atoms with Crippen LogP contribution in [0.4, 0.5) is 0 Å². The Morgan fingerprint density at radius 3 is 2.38 bits per heavy atom. The molecule has 124 valence electrons. The molecule has 0 atom stereocenters. The molecular weight excluding hydrogens is 312 g/mol. The van der Waals surface area contributed by atoms with Crippen LogP contribution < -0.4 is 14.9 Å². The maximum Gasteiger partial charge on any atom is 0.204 e. The van der Waals surface area contributed by atoms with Crippen molar-refractivity contribution < 1.29 is 24.1 Å². The van der Waals surface area contributed by atoms with E-state index in [2.05, 4.69) is 0 Å². The Bertz CT molecular complexity index is 987. The minimum absolute atomic E-state index is 0.0325. The smallest absolute Gasteiger partial charge is 0.204 e. The summed E-state index contributed by atoms with van der Waals surface area (Å²) in [6.07, 6.45) is 1.32. The van der Waals surface area contributed by atoms with Gasteiger partial charge in [0.25, 0.3) is 0 Å². The SMILES string of the molecule is COc1cc(-c2coc3c(C)c(OC)cc(O)c3c2=O)ccc1O. The van der Waals surface area contributed by atoms with E-state index >= 15 is 0 Å². The van der Waals surface area contributed by atoms with Crippen molar-refractivity contribution in [2.45, 2.75) is 6.92 Å². The molecule has 0 aliphatic carbocycles. The van der Waals surface area contributed by atoms with E-state index in [-0.39, 0.29) is 39.2 Å². The third-order valence-electron chi connectivity index (χ3n) is 3.94. The molecule has 24 heavy (non-hydrogen) atoms. The van der Waals surface area contributed by atoms with Crippen molar-refractivity contribution in [2.24, 2.45) is 0 Å². The monoisotopic (exact) mass is 328 g/mol. The summed E-state index contributed by atoms with van der Waals surface area (Å²) in [5, 5.41) is 20.0. The molecule has 0 saturated carbocycles. The number of ether oxygens (including phenoxy) is 2. The first-order chi connectivity index (χ1) is 11.5. The van der Waals surface area contributed by atoms with Crippen LogP contribution in [0.1, 0.15) is 5.56 Å². The van der Waals surface area contributed by atoms with Gasteiger partial charge in [-0.3, -0.25) is 4.79 Å². The molecule has 0 unspecified atom stereocenters. The second-order valence-corrected chi connectivity index (χ2v) is 5.29. The number of hydrogen-bond acceptors (Lipinski definition) is 6. The first-order valence-corrected chi connectivity index (χ1v) is 7.17. The third kappa shape index (κ3) is 2.32. The zero-order valence-corrected chi connectivity index (χ0v) is 13.4. The molecule has 6 nitrogen and oxygen atoms in total. The van der Waals surface area contributed by atoms with Gasteiger partial charge in [0, 0.05) is 11.6 Å². The number of aryl methyl sites for hydroxylation is 1. The molecule has 0 radical (unpaired) electrons. The summed E-state index contributed by atoms with van der Waals surface area (Å²) in [6.45, 7) is 1.74. The number of fused-ring (bicyclic) bond motifs is 1. The zero-order chi connectivity index (χ0) is 17.4. The van der Waals surface area contributed by atoms with Crippen LogP contribution in [0.5, 0.6) is 23.0 Å². The Morgan fingerprint density at radius 2 is 1.71 bits per heavy atom. The van der Waals surface area contributed by atoms with Crippen LogP contribution in [0.2, 0.25) is 0 Å². The fraction of sp³-hybridized carbons (Fsp3) is 0.167. The minimum atomic E-state index is -0.382. The topological polar surface area (TPSA) is 89.1 Å². The van der Waals surface area contributed by atoms with E-state index in [1.165, 1.54) is 38.7 Å². The lowest BCUT2D eigenvalue weighted by Crippen LogP contribution is -2.06. The highest BCUT2D eigenvalue weighted by molar-refractivity contribution is 5.90. The van der Waals surface area contributed by atoms with Crippen molar-refractivity contribution in [3.8, 4) is 34.1 Å². The molecule has 6 heteroatoms. The summed E-state index contributed by atoms with van der Waals surface area (Å²) >= 11 is 0. The number of benzene rings is 2. The molecule has 0 spiro atoms. The molecule has 0 bridgehead atoms.